The fourth-order valence-electron chi connectivity index (χ4n) is 11.3. The highest BCUT2D eigenvalue weighted by Crippen LogP contribution is 2.28. The number of rotatable bonds is 15. The van der Waals surface area contributed by atoms with Gasteiger partial charge < -0.3 is 60.2 Å². The summed E-state index contributed by atoms with van der Waals surface area (Å²) in [6, 6.07) is -2.95. The fourth-order valence-corrected chi connectivity index (χ4v) is 11.3. The Morgan fingerprint density at radius 1 is 0.841 bits per heavy atom. The van der Waals surface area contributed by atoms with Crippen LogP contribution < -0.4 is 26.0 Å². The van der Waals surface area contributed by atoms with Crippen LogP contribution in [0.5, 0.6) is 5.75 Å². The number of ketones is 1. The molecular weight excluding hydrogens is 1060 g/mol. The number of amides is 8. The molecule has 0 unspecified atom stereocenters. The van der Waals surface area contributed by atoms with Crippen molar-refractivity contribution in [3.05, 3.63) is 29.8 Å². The molecule has 4 heterocycles. The van der Waals surface area contributed by atoms with Crippen LogP contribution in [0.15, 0.2) is 24.3 Å². The van der Waals surface area contributed by atoms with Crippen molar-refractivity contribution in [3.63, 3.8) is 0 Å². The van der Waals surface area contributed by atoms with Crippen molar-refractivity contribution < 1.29 is 72.1 Å². The quantitative estimate of drug-likeness (QED) is 0.124. The summed E-state index contributed by atoms with van der Waals surface area (Å²) in [6.45, 7) is 17.2. The molecule has 4 fully saturated rings. The molecule has 456 valence electrons. The van der Waals surface area contributed by atoms with Crippen molar-refractivity contribution >= 4 is 65.0 Å². The molecule has 0 spiro atoms. The van der Waals surface area contributed by atoms with Crippen LogP contribution in [-0.2, 0) is 68.6 Å². The predicted molar refractivity (Wildman–Crippen MR) is 300 cm³/mol. The normalized spacial score (nSPS) is 28.5. The van der Waals surface area contributed by atoms with Gasteiger partial charge in [-0.25, -0.2) is 4.79 Å². The lowest BCUT2D eigenvalue weighted by atomic mass is 9.91. The van der Waals surface area contributed by atoms with Gasteiger partial charge in [0.25, 0.3) is 0 Å². The van der Waals surface area contributed by atoms with Gasteiger partial charge in [-0.05, 0) is 100 Å². The lowest BCUT2D eigenvalue weighted by molar-refractivity contribution is -0.163. The molecule has 1 aromatic rings. The Bertz CT molecular complexity index is 2490. The first-order chi connectivity index (χ1) is 38.6. The van der Waals surface area contributed by atoms with Gasteiger partial charge >= 0.3 is 11.9 Å². The van der Waals surface area contributed by atoms with E-state index in [1.807, 2.05) is 27.7 Å². The maximum Gasteiger partial charge on any atom is 0.329 e. The van der Waals surface area contributed by atoms with Gasteiger partial charge in [-0.1, -0.05) is 73.9 Å². The average molecular weight is 1150 g/mol. The van der Waals surface area contributed by atoms with E-state index in [0.717, 1.165) is 0 Å². The van der Waals surface area contributed by atoms with E-state index in [1.54, 1.807) is 52.0 Å². The molecule has 4 aliphatic rings. The van der Waals surface area contributed by atoms with Crippen LogP contribution in [-0.4, -0.2) is 191 Å². The molecule has 0 radical (unpaired) electrons. The second-order valence-electron chi connectivity index (χ2n) is 23.9. The van der Waals surface area contributed by atoms with E-state index in [0.29, 0.717) is 37.0 Å². The Morgan fingerprint density at radius 2 is 1.50 bits per heavy atom. The minimum Gasteiger partial charge on any atom is -0.497 e. The molecule has 0 bridgehead atoms. The SMILES string of the molecule is CC[C@H](C)[C@@H]1NC(=O)[C@H](NC(=O)[C@@H](CC(C)C)N(C)C(=O)[C@@H]2CCCN2C(=O)[C@@H]2CCC(=O)N2)[C@@H](C)OC(=O)[C@H](Cc2ccc(OC)cc2)N(C)C(=O)[C@@H]2CCCN2C(=O)[C@H](CC(C)C)NC(=O)[C@@H](C)C(=O)[C@H](C(C)C)OC(=O)C[C@@H]1O. The monoisotopic (exact) mass is 1150 g/mol. The van der Waals surface area contributed by atoms with Crippen molar-refractivity contribution in [2.24, 2.45) is 29.6 Å². The largest absolute Gasteiger partial charge is 0.497 e. The summed E-state index contributed by atoms with van der Waals surface area (Å²) in [4.78, 5) is 162. The number of ether oxygens (including phenoxy) is 3. The highest BCUT2D eigenvalue weighted by Gasteiger charge is 2.46. The molecule has 0 aromatic heterocycles. The summed E-state index contributed by atoms with van der Waals surface area (Å²) in [5.74, 6) is -10.3. The Hall–Kier alpha value is -6.65. The number of aliphatic hydroxyl groups excluding tert-OH is 1. The molecule has 8 amide bonds. The molecular formula is C59H90N8O15. The molecule has 23 nitrogen and oxygen atoms in total. The number of hydrogen-bond donors (Lipinski definition) is 5. The third kappa shape index (κ3) is 16.5. The summed E-state index contributed by atoms with van der Waals surface area (Å²) >= 11 is 0. The zero-order valence-corrected chi connectivity index (χ0v) is 50.2. The number of carbonyl (C=O) groups excluding carboxylic acids is 11. The molecule has 13 atom stereocenters. The molecule has 23 heteroatoms. The summed E-state index contributed by atoms with van der Waals surface area (Å²) in [7, 11) is 4.32. The molecule has 4 saturated heterocycles. The van der Waals surface area contributed by atoms with Gasteiger partial charge in [0, 0.05) is 40.0 Å². The van der Waals surface area contributed by atoms with Gasteiger partial charge in [-0.3, -0.25) is 47.9 Å². The highest BCUT2D eigenvalue weighted by atomic mass is 16.6. The van der Waals surface area contributed by atoms with Crippen molar-refractivity contribution in [2.75, 3.05) is 34.3 Å². The Kier molecular flexibility index (Phi) is 23.8. The number of aliphatic hydroxyl groups is 1. The number of methoxy groups -OCH3 is 1. The molecule has 5 N–H and O–H groups in total. The summed E-state index contributed by atoms with van der Waals surface area (Å²) in [5.41, 5.74) is 0.570. The van der Waals surface area contributed by atoms with Crippen molar-refractivity contribution in [1.29, 1.82) is 0 Å². The Labute approximate surface area is 482 Å². The van der Waals surface area contributed by atoms with E-state index in [1.165, 1.54) is 54.7 Å². The van der Waals surface area contributed by atoms with Crippen molar-refractivity contribution in [1.82, 2.24) is 40.9 Å². The maximum absolute atomic E-state index is 15.1. The summed E-state index contributed by atoms with van der Waals surface area (Å²) < 4.78 is 17.3. The Balaban J connectivity index is 1.60. The van der Waals surface area contributed by atoms with E-state index >= 15 is 9.59 Å². The van der Waals surface area contributed by atoms with Crippen LogP contribution in [0.25, 0.3) is 0 Å². The van der Waals surface area contributed by atoms with Gasteiger partial charge in [0.2, 0.25) is 47.3 Å². The molecule has 5 rings (SSSR count). The second kappa shape index (κ2) is 29.5. The second-order valence-corrected chi connectivity index (χ2v) is 23.9. The van der Waals surface area contributed by atoms with Crippen molar-refractivity contribution in [2.45, 2.75) is 207 Å². The topological polar surface area (TPSA) is 297 Å². The maximum atomic E-state index is 15.1. The van der Waals surface area contributed by atoms with E-state index in [-0.39, 0.29) is 69.4 Å². The van der Waals surface area contributed by atoms with E-state index in [9.17, 15) is 48.3 Å². The van der Waals surface area contributed by atoms with E-state index in [4.69, 9.17) is 14.2 Å². The summed E-state index contributed by atoms with van der Waals surface area (Å²) in [5, 5.41) is 22.9. The number of Topliss-reactive ketones (excluding diaryl/α,β-unsaturated/α-hetero) is 1. The fraction of sp³-hybridized carbons (Fsp3) is 0.712. The van der Waals surface area contributed by atoms with Gasteiger partial charge in [0.05, 0.1) is 31.6 Å². The first-order valence-electron chi connectivity index (χ1n) is 29.2. The zero-order chi connectivity index (χ0) is 61.0. The third-order valence-corrected chi connectivity index (χ3v) is 16.4. The van der Waals surface area contributed by atoms with Crippen molar-refractivity contribution in [3.8, 4) is 5.75 Å². The van der Waals surface area contributed by atoms with Gasteiger partial charge in [-0.15, -0.1) is 0 Å². The van der Waals surface area contributed by atoms with Crippen LogP contribution in [0.3, 0.4) is 0 Å². The molecule has 4 aliphatic heterocycles. The Morgan fingerprint density at radius 3 is 2.09 bits per heavy atom. The molecule has 82 heavy (non-hydrogen) atoms. The number of nitrogens with zero attached hydrogens (tertiary/aromatic N) is 4. The van der Waals surface area contributed by atoms with Gasteiger partial charge in [-0.2, -0.15) is 0 Å². The molecule has 1 aromatic carbocycles. The number of nitrogens with one attached hydrogen (secondary N) is 4. The highest BCUT2D eigenvalue weighted by molar-refractivity contribution is 6.05. The summed E-state index contributed by atoms with van der Waals surface area (Å²) in [6.07, 6.45) is -3.14. The number of esters is 2. The van der Waals surface area contributed by atoms with Gasteiger partial charge in [0.15, 0.2) is 11.9 Å². The zero-order valence-electron chi connectivity index (χ0n) is 50.2. The number of carbonyl (C=O) groups is 11. The predicted octanol–water partition coefficient (Wildman–Crippen LogP) is 2.21. The van der Waals surface area contributed by atoms with Crippen LogP contribution >= 0.6 is 0 Å². The minimum absolute atomic E-state index is 0.0743. The number of likely N-dealkylation sites (tertiary alicyclic amines) is 1. The van der Waals surface area contributed by atoms with Crippen LogP contribution in [0, 0.1) is 29.6 Å². The molecule has 0 saturated carbocycles. The molecule has 0 aliphatic carbocycles. The minimum atomic E-state index is -1.77. The van der Waals surface area contributed by atoms with Crippen LogP contribution in [0.4, 0.5) is 0 Å². The standard InChI is InChI=1S/C59H90N8O15/c1-14-34(8)48-45(68)30-47(70)82-51(33(6)7)50(71)35(9)52(72)61-40(27-31(2)3)56(76)67-26-16-18-42(67)58(78)65(12)44(29-37-19-21-38(80-13)22-20-37)59(79)81-36(10)49(54(74)62-48)63-53(73)43(28-32(4)5)64(11)57(77)41-17-15-25-66(41)55(75)39-23-24-46(69)60-39/h19-22,31-36,39-45,48-49,51,68H,14-18,23-30H2,1-13H3,(H,60,69)(H,61,72)(H,62,74)(H,63,73)/t34-,35-,36+,39-,40-,41-,42-,43+,44-,45-,48-,49+,51-/m0/s1. The third-order valence-electron chi connectivity index (χ3n) is 16.4. The lowest BCUT2D eigenvalue weighted by Crippen LogP contribution is -2.62. The van der Waals surface area contributed by atoms with Gasteiger partial charge in [0.1, 0.15) is 54.1 Å². The number of benzene rings is 1. The number of hydrogen-bond acceptors (Lipinski definition) is 15. The first-order valence-corrected chi connectivity index (χ1v) is 29.2. The number of likely N-dealkylation sites (N-methyl/N-ethyl adjacent to an activating group) is 2. The van der Waals surface area contributed by atoms with E-state index in [2.05, 4.69) is 21.3 Å². The number of cyclic esters (lactones) is 2. The first kappa shape index (κ1) is 66.2. The average Bonchev–Trinajstić information content (AvgIpc) is 4.29. The van der Waals surface area contributed by atoms with Crippen LogP contribution in [0.2, 0.25) is 0 Å². The smallest absolute Gasteiger partial charge is 0.329 e. The lowest BCUT2D eigenvalue weighted by Gasteiger charge is -2.36. The van der Waals surface area contributed by atoms with Crippen LogP contribution in [0.1, 0.15) is 139 Å². The number of fused-ring (bicyclic) bond motifs is 1. The van der Waals surface area contributed by atoms with E-state index < -0.39 is 150 Å².